The minimum atomic E-state index is -0.431. The number of allylic oxidation sites excluding steroid dienone is 1. The van der Waals surface area contributed by atoms with Crippen molar-refractivity contribution in [2.24, 2.45) is 0 Å². The van der Waals surface area contributed by atoms with Gasteiger partial charge in [-0.3, -0.25) is 4.90 Å². The fourth-order valence-corrected chi connectivity index (χ4v) is 4.12. The number of nitrogens with one attached hydrogen (secondary N) is 1. The van der Waals surface area contributed by atoms with E-state index in [1.54, 1.807) is 17.0 Å². The molecule has 33 heavy (non-hydrogen) atoms. The van der Waals surface area contributed by atoms with Gasteiger partial charge in [0.2, 0.25) is 5.82 Å². The zero-order valence-electron chi connectivity index (χ0n) is 19.5. The molecule has 0 aliphatic carbocycles. The van der Waals surface area contributed by atoms with E-state index in [-0.39, 0.29) is 11.8 Å². The summed E-state index contributed by atoms with van der Waals surface area (Å²) in [5.74, 6) is 0.253. The fourth-order valence-electron chi connectivity index (χ4n) is 4.12. The Balaban J connectivity index is 1.79. The number of aryl methyl sites for hydroxylation is 2. The lowest BCUT2D eigenvalue weighted by molar-refractivity contribution is 0.204. The Labute approximate surface area is 193 Å². The van der Waals surface area contributed by atoms with Crippen LogP contribution in [0.3, 0.4) is 0 Å². The van der Waals surface area contributed by atoms with E-state index in [1.165, 1.54) is 17.7 Å². The molecule has 1 unspecified atom stereocenters. The lowest BCUT2D eigenvalue weighted by atomic mass is 9.92. The monoisotopic (exact) mass is 448 g/mol. The number of benzene rings is 2. The van der Waals surface area contributed by atoms with Crippen LogP contribution in [0.15, 0.2) is 52.7 Å². The number of carbonyl (C=O) groups excluding carboxylic acids is 1. The van der Waals surface area contributed by atoms with E-state index in [1.807, 2.05) is 26.0 Å². The van der Waals surface area contributed by atoms with E-state index in [9.17, 15) is 9.18 Å². The molecule has 1 aliphatic rings. The number of amides is 2. The largest absolute Gasteiger partial charge is 0.334 e. The molecule has 0 bridgehead atoms. The summed E-state index contributed by atoms with van der Waals surface area (Å²) < 4.78 is 19.4. The third-order valence-corrected chi connectivity index (χ3v) is 6.19. The molecule has 1 atom stereocenters. The van der Waals surface area contributed by atoms with Crippen LogP contribution in [0.1, 0.15) is 61.7 Å². The van der Waals surface area contributed by atoms with Gasteiger partial charge in [0.15, 0.2) is 0 Å². The summed E-state index contributed by atoms with van der Waals surface area (Å²) >= 11 is 0. The van der Waals surface area contributed by atoms with E-state index in [0.29, 0.717) is 23.8 Å². The highest BCUT2D eigenvalue weighted by atomic mass is 19.1. The molecule has 0 fully saturated rings. The minimum Gasteiger partial charge on any atom is -0.334 e. The molecule has 1 aliphatic heterocycles. The number of halogens is 1. The highest BCUT2D eigenvalue weighted by molar-refractivity contribution is 5.86. The minimum absolute atomic E-state index is 0.138. The number of nitrogens with zero attached hydrogens (tertiary/aromatic N) is 3. The Bertz CT molecular complexity index is 1200. The molecule has 2 amide bonds. The van der Waals surface area contributed by atoms with Crippen molar-refractivity contribution in [1.82, 2.24) is 20.4 Å². The van der Waals surface area contributed by atoms with E-state index in [2.05, 4.69) is 35.4 Å². The third kappa shape index (κ3) is 4.67. The van der Waals surface area contributed by atoms with E-state index < -0.39 is 6.04 Å². The van der Waals surface area contributed by atoms with Crippen molar-refractivity contribution in [3.8, 4) is 11.4 Å². The molecule has 1 aromatic heterocycles. The van der Waals surface area contributed by atoms with Gasteiger partial charge in [-0.25, -0.2) is 9.18 Å². The molecule has 1 N–H and O–H groups in total. The zero-order valence-corrected chi connectivity index (χ0v) is 19.5. The highest BCUT2D eigenvalue weighted by Gasteiger charge is 2.35. The van der Waals surface area contributed by atoms with Gasteiger partial charge in [-0.05, 0) is 56.0 Å². The van der Waals surface area contributed by atoms with Gasteiger partial charge in [0.25, 0.3) is 5.89 Å². The maximum atomic E-state index is 13.7. The SMILES string of the molecule is CCCCCN1C(=O)NC(c2ccc(C)c(C)c2)C(c2nc(-c3cccc(F)c3)no2)=C1C. The number of rotatable bonds is 7. The summed E-state index contributed by atoms with van der Waals surface area (Å²) in [5.41, 5.74) is 5.33. The van der Waals surface area contributed by atoms with Crippen molar-refractivity contribution in [3.63, 3.8) is 0 Å². The summed E-state index contributed by atoms with van der Waals surface area (Å²) in [4.78, 5) is 19.4. The molecule has 0 spiro atoms. The quantitative estimate of drug-likeness (QED) is 0.438. The molecule has 3 aromatic rings. The topological polar surface area (TPSA) is 71.3 Å². The van der Waals surface area contributed by atoms with Crippen molar-refractivity contribution in [2.45, 2.75) is 53.0 Å². The summed E-state index contributed by atoms with van der Waals surface area (Å²) in [6.45, 7) is 8.76. The first kappa shape index (κ1) is 22.7. The molecule has 0 saturated carbocycles. The first-order valence-corrected chi connectivity index (χ1v) is 11.3. The molecule has 4 rings (SSSR count). The van der Waals surface area contributed by atoms with Gasteiger partial charge in [0.05, 0.1) is 11.6 Å². The first-order chi connectivity index (χ1) is 15.9. The standard InChI is InChI=1S/C26H29FN4O2/c1-5-6-7-13-31-18(4)22(23(28-26(31)32)19-12-11-16(2)17(3)14-19)25-29-24(30-33-25)20-9-8-10-21(27)15-20/h8-12,14-15,23H,5-7,13H2,1-4H3,(H,28,32). The molecule has 172 valence electrons. The van der Waals surface area contributed by atoms with Crippen LogP contribution >= 0.6 is 0 Å². The van der Waals surface area contributed by atoms with Crippen molar-refractivity contribution >= 4 is 11.6 Å². The van der Waals surface area contributed by atoms with Crippen molar-refractivity contribution in [1.29, 1.82) is 0 Å². The van der Waals surface area contributed by atoms with Crippen LogP contribution in [0.2, 0.25) is 0 Å². The van der Waals surface area contributed by atoms with E-state index >= 15 is 0 Å². The zero-order chi connectivity index (χ0) is 23.5. The van der Waals surface area contributed by atoms with Gasteiger partial charge in [0.1, 0.15) is 5.82 Å². The Morgan fingerprint density at radius 1 is 1.09 bits per heavy atom. The van der Waals surface area contributed by atoms with Crippen molar-refractivity contribution < 1.29 is 13.7 Å². The average Bonchev–Trinajstić information content (AvgIpc) is 3.27. The molecule has 2 heterocycles. The highest BCUT2D eigenvalue weighted by Crippen LogP contribution is 2.38. The molecular formula is C26H29FN4O2. The molecule has 6 nitrogen and oxygen atoms in total. The lowest BCUT2D eigenvalue weighted by Gasteiger charge is -2.35. The fraction of sp³-hybridized carbons (Fsp3) is 0.346. The molecule has 7 heteroatoms. The van der Waals surface area contributed by atoms with Gasteiger partial charge in [0, 0.05) is 17.8 Å². The van der Waals surface area contributed by atoms with Crippen LogP contribution in [0.25, 0.3) is 17.0 Å². The van der Waals surface area contributed by atoms with Crippen LogP contribution in [0.5, 0.6) is 0 Å². The number of hydrogen-bond donors (Lipinski definition) is 1. The Morgan fingerprint density at radius 2 is 1.91 bits per heavy atom. The van der Waals surface area contributed by atoms with Crippen LogP contribution in [0, 0.1) is 19.7 Å². The Morgan fingerprint density at radius 3 is 2.64 bits per heavy atom. The second kappa shape index (κ2) is 9.57. The van der Waals surface area contributed by atoms with Gasteiger partial charge < -0.3 is 9.84 Å². The van der Waals surface area contributed by atoms with Gasteiger partial charge in [-0.2, -0.15) is 4.98 Å². The second-order valence-electron chi connectivity index (χ2n) is 8.52. The molecular weight excluding hydrogens is 419 g/mol. The lowest BCUT2D eigenvalue weighted by Crippen LogP contribution is -2.46. The van der Waals surface area contributed by atoms with Gasteiger partial charge >= 0.3 is 6.03 Å². The van der Waals surface area contributed by atoms with Crippen LogP contribution in [0.4, 0.5) is 9.18 Å². The maximum Gasteiger partial charge on any atom is 0.322 e. The summed E-state index contributed by atoms with van der Waals surface area (Å²) in [7, 11) is 0. The number of hydrogen-bond acceptors (Lipinski definition) is 4. The summed E-state index contributed by atoms with van der Waals surface area (Å²) in [6.07, 6.45) is 3.01. The number of aromatic nitrogens is 2. The Kier molecular flexibility index (Phi) is 6.58. The number of carbonyl (C=O) groups is 1. The first-order valence-electron chi connectivity index (χ1n) is 11.3. The summed E-state index contributed by atoms with van der Waals surface area (Å²) in [5, 5.41) is 7.23. The number of unbranched alkanes of at least 4 members (excludes halogenated alkanes) is 2. The predicted octanol–water partition coefficient (Wildman–Crippen LogP) is 6.18. The maximum absolute atomic E-state index is 13.7. The molecule has 2 aromatic carbocycles. The van der Waals surface area contributed by atoms with Crippen LogP contribution in [-0.2, 0) is 0 Å². The normalized spacial score (nSPS) is 16.3. The average molecular weight is 449 g/mol. The van der Waals surface area contributed by atoms with Crippen LogP contribution in [-0.4, -0.2) is 27.6 Å². The van der Waals surface area contributed by atoms with E-state index in [0.717, 1.165) is 41.7 Å². The smallest absolute Gasteiger partial charge is 0.322 e. The number of urea groups is 1. The van der Waals surface area contributed by atoms with Gasteiger partial charge in [-0.15, -0.1) is 0 Å². The van der Waals surface area contributed by atoms with E-state index in [4.69, 9.17) is 4.52 Å². The van der Waals surface area contributed by atoms with Crippen molar-refractivity contribution in [3.05, 3.63) is 76.6 Å². The second-order valence-corrected chi connectivity index (χ2v) is 8.52. The summed E-state index contributed by atoms with van der Waals surface area (Å²) in [6, 6.07) is 11.7. The molecule has 0 saturated heterocycles. The van der Waals surface area contributed by atoms with Gasteiger partial charge in [-0.1, -0.05) is 55.3 Å². The third-order valence-electron chi connectivity index (χ3n) is 6.19. The Hall–Kier alpha value is -3.48. The van der Waals surface area contributed by atoms with Crippen molar-refractivity contribution in [2.75, 3.05) is 6.54 Å². The molecule has 0 radical (unpaired) electrons. The predicted molar refractivity (Wildman–Crippen MR) is 126 cm³/mol. The van der Waals surface area contributed by atoms with Crippen LogP contribution < -0.4 is 5.32 Å².